The van der Waals surface area contributed by atoms with Crippen molar-refractivity contribution in [1.29, 1.82) is 0 Å². The first-order valence-corrected chi connectivity index (χ1v) is 9.87. The number of anilines is 1. The van der Waals surface area contributed by atoms with Gasteiger partial charge in [-0.25, -0.2) is 8.78 Å². The van der Waals surface area contributed by atoms with Gasteiger partial charge in [-0.3, -0.25) is 9.59 Å². The van der Waals surface area contributed by atoms with Gasteiger partial charge in [0.1, 0.15) is 11.6 Å². The number of halogens is 2. The Bertz CT molecular complexity index is 880. The van der Waals surface area contributed by atoms with Crippen molar-refractivity contribution in [2.45, 2.75) is 32.2 Å². The Balaban J connectivity index is 1.61. The lowest BCUT2D eigenvalue weighted by Gasteiger charge is -2.35. The van der Waals surface area contributed by atoms with Crippen molar-refractivity contribution in [3.05, 3.63) is 65.2 Å². The predicted octanol–water partition coefficient (Wildman–Crippen LogP) is 3.50. The summed E-state index contributed by atoms with van der Waals surface area (Å²) in [5.74, 6) is -2.22. The third-order valence-electron chi connectivity index (χ3n) is 5.03. The smallest absolute Gasteiger partial charge is 0.254 e. The Morgan fingerprint density at radius 1 is 1.03 bits per heavy atom. The standard InChI is InChI=1S/C22H25F2N3O2/c1-2-11-25-21(28)18-5-3-4-6-20(18)27-12-9-16(10-13-27)26-22(29)17-8-7-15(23)14-19(17)24/h3-8,14,16H,2,9-13H2,1H3,(H,25,28)(H,26,29). The zero-order valence-corrected chi connectivity index (χ0v) is 16.4. The normalized spacial score (nSPS) is 14.5. The van der Waals surface area contributed by atoms with Gasteiger partial charge in [0.2, 0.25) is 0 Å². The fourth-order valence-electron chi connectivity index (χ4n) is 3.48. The maximum Gasteiger partial charge on any atom is 0.254 e. The molecule has 1 saturated heterocycles. The third kappa shape index (κ3) is 5.10. The summed E-state index contributed by atoms with van der Waals surface area (Å²) in [7, 11) is 0. The molecule has 1 fully saturated rings. The fourth-order valence-corrected chi connectivity index (χ4v) is 3.48. The van der Waals surface area contributed by atoms with Crippen molar-refractivity contribution in [1.82, 2.24) is 10.6 Å². The summed E-state index contributed by atoms with van der Waals surface area (Å²) in [6.45, 7) is 3.95. The second-order valence-electron chi connectivity index (χ2n) is 7.13. The number of benzene rings is 2. The summed E-state index contributed by atoms with van der Waals surface area (Å²) in [5, 5.41) is 5.73. The highest BCUT2D eigenvalue weighted by atomic mass is 19.1. The number of hydrogen-bond acceptors (Lipinski definition) is 3. The Hall–Kier alpha value is -2.96. The maximum absolute atomic E-state index is 13.8. The SMILES string of the molecule is CCCNC(=O)c1ccccc1N1CCC(NC(=O)c2ccc(F)cc2F)CC1. The van der Waals surface area contributed by atoms with Gasteiger partial charge in [-0.05, 0) is 43.5 Å². The third-order valence-corrected chi connectivity index (χ3v) is 5.03. The first-order chi connectivity index (χ1) is 14.0. The molecule has 2 N–H and O–H groups in total. The van der Waals surface area contributed by atoms with Crippen molar-refractivity contribution in [3.8, 4) is 0 Å². The first kappa shape index (κ1) is 20.8. The molecule has 29 heavy (non-hydrogen) atoms. The minimum Gasteiger partial charge on any atom is -0.371 e. The van der Waals surface area contributed by atoms with Crippen molar-refractivity contribution < 1.29 is 18.4 Å². The van der Waals surface area contributed by atoms with Crippen LogP contribution in [0, 0.1) is 11.6 Å². The van der Waals surface area contributed by atoms with Crippen molar-refractivity contribution in [3.63, 3.8) is 0 Å². The lowest BCUT2D eigenvalue weighted by Crippen LogP contribution is -2.45. The number of rotatable bonds is 6. The molecule has 0 aliphatic carbocycles. The molecule has 2 aromatic rings. The second-order valence-corrected chi connectivity index (χ2v) is 7.13. The molecule has 0 aromatic heterocycles. The molecule has 1 heterocycles. The molecular weight excluding hydrogens is 376 g/mol. The number of amides is 2. The molecule has 154 valence electrons. The molecule has 3 rings (SSSR count). The zero-order chi connectivity index (χ0) is 20.8. The molecule has 0 unspecified atom stereocenters. The molecule has 1 aliphatic heterocycles. The van der Waals surface area contributed by atoms with E-state index in [9.17, 15) is 18.4 Å². The van der Waals surface area contributed by atoms with Crippen LogP contribution in [0.4, 0.5) is 14.5 Å². The summed E-state index contributed by atoms with van der Waals surface area (Å²) in [4.78, 5) is 26.9. The van der Waals surface area contributed by atoms with E-state index in [1.807, 2.05) is 31.2 Å². The van der Waals surface area contributed by atoms with Crippen molar-refractivity contribution in [2.75, 3.05) is 24.5 Å². The maximum atomic E-state index is 13.8. The Labute approximate surface area is 169 Å². The van der Waals surface area contributed by atoms with Crippen LogP contribution in [0.3, 0.4) is 0 Å². The van der Waals surface area contributed by atoms with Gasteiger partial charge in [0, 0.05) is 37.4 Å². The monoisotopic (exact) mass is 401 g/mol. The number of para-hydroxylation sites is 1. The van der Waals surface area contributed by atoms with E-state index in [1.165, 1.54) is 0 Å². The molecule has 0 spiro atoms. The first-order valence-electron chi connectivity index (χ1n) is 9.87. The average molecular weight is 401 g/mol. The minimum atomic E-state index is -0.869. The molecule has 0 atom stereocenters. The molecule has 2 amide bonds. The number of nitrogens with zero attached hydrogens (tertiary/aromatic N) is 1. The number of carbonyl (C=O) groups is 2. The van der Waals surface area contributed by atoms with Crippen LogP contribution in [0.15, 0.2) is 42.5 Å². The largest absolute Gasteiger partial charge is 0.371 e. The van der Waals surface area contributed by atoms with Crippen LogP contribution in [0.25, 0.3) is 0 Å². The molecule has 5 nitrogen and oxygen atoms in total. The van der Waals surface area contributed by atoms with Gasteiger partial charge in [-0.1, -0.05) is 19.1 Å². The summed E-state index contributed by atoms with van der Waals surface area (Å²) >= 11 is 0. The topological polar surface area (TPSA) is 61.4 Å². The molecular formula is C22H25F2N3O2. The van der Waals surface area contributed by atoms with Crippen molar-refractivity contribution >= 4 is 17.5 Å². The van der Waals surface area contributed by atoms with Crippen molar-refractivity contribution in [2.24, 2.45) is 0 Å². The molecule has 0 radical (unpaired) electrons. The van der Waals surface area contributed by atoms with Gasteiger partial charge in [0.15, 0.2) is 0 Å². The van der Waals surface area contributed by atoms with E-state index < -0.39 is 17.5 Å². The Morgan fingerprint density at radius 2 is 1.76 bits per heavy atom. The lowest BCUT2D eigenvalue weighted by atomic mass is 10.0. The number of carbonyl (C=O) groups excluding carboxylic acids is 2. The van der Waals surface area contributed by atoms with Gasteiger partial charge in [-0.2, -0.15) is 0 Å². The highest BCUT2D eigenvalue weighted by Crippen LogP contribution is 2.24. The van der Waals surface area contributed by atoms with Crippen LogP contribution >= 0.6 is 0 Å². The van der Waals surface area contributed by atoms with Crippen LogP contribution < -0.4 is 15.5 Å². The molecule has 7 heteroatoms. The van der Waals surface area contributed by atoms with E-state index in [2.05, 4.69) is 15.5 Å². The Morgan fingerprint density at radius 3 is 2.45 bits per heavy atom. The minimum absolute atomic E-state index is 0.0929. The summed E-state index contributed by atoms with van der Waals surface area (Å²) in [6, 6.07) is 10.3. The van der Waals surface area contributed by atoms with Crippen LogP contribution in [0.2, 0.25) is 0 Å². The van der Waals surface area contributed by atoms with E-state index in [1.54, 1.807) is 0 Å². The highest BCUT2D eigenvalue weighted by molar-refractivity contribution is 5.99. The van der Waals surface area contributed by atoms with Crippen LogP contribution in [0.5, 0.6) is 0 Å². The lowest BCUT2D eigenvalue weighted by molar-refractivity contribution is 0.0925. The van der Waals surface area contributed by atoms with E-state index in [-0.39, 0.29) is 17.5 Å². The van der Waals surface area contributed by atoms with E-state index in [4.69, 9.17) is 0 Å². The molecule has 2 aromatic carbocycles. The quantitative estimate of drug-likeness (QED) is 0.779. The van der Waals surface area contributed by atoms with E-state index in [0.29, 0.717) is 44.1 Å². The summed E-state index contributed by atoms with van der Waals surface area (Å²) in [5.41, 5.74) is 1.35. The average Bonchev–Trinajstić information content (AvgIpc) is 2.72. The van der Waals surface area contributed by atoms with E-state index >= 15 is 0 Å². The van der Waals surface area contributed by atoms with Gasteiger partial charge < -0.3 is 15.5 Å². The number of hydrogen-bond donors (Lipinski definition) is 2. The van der Waals surface area contributed by atoms with E-state index in [0.717, 1.165) is 24.2 Å². The van der Waals surface area contributed by atoms with Crippen LogP contribution in [-0.4, -0.2) is 37.5 Å². The van der Waals surface area contributed by atoms with Crippen LogP contribution in [0.1, 0.15) is 46.9 Å². The number of piperidine rings is 1. The zero-order valence-electron chi connectivity index (χ0n) is 16.4. The Kier molecular flexibility index (Phi) is 6.80. The number of nitrogens with one attached hydrogen (secondary N) is 2. The summed E-state index contributed by atoms with van der Waals surface area (Å²) in [6.07, 6.45) is 2.20. The fraction of sp³-hybridized carbons (Fsp3) is 0.364. The van der Waals surface area contributed by atoms with Gasteiger partial charge in [-0.15, -0.1) is 0 Å². The molecule has 0 bridgehead atoms. The van der Waals surface area contributed by atoms with Gasteiger partial charge in [0.25, 0.3) is 11.8 Å². The van der Waals surface area contributed by atoms with Gasteiger partial charge in [0.05, 0.1) is 11.1 Å². The summed E-state index contributed by atoms with van der Waals surface area (Å²) < 4.78 is 26.8. The molecule has 0 saturated carbocycles. The van der Waals surface area contributed by atoms with Gasteiger partial charge >= 0.3 is 0 Å². The highest BCUT2D eigenvalue weighted by Gasteiger charge is 2.24. The van der Waals surface area contributed by atoms with Crippen LogP contribution in [-0.2, 0) is 0 Å². The predicted molar refractivity (Wildman–Crippen MR) is 108 cm³/mol. The molecule has 1 aliphatic rings. The second kappa shape index (κ2) is 9.49.